The molecule has 1 aromatic carbocycles. The molecule has 0 aliphatic rings. The number of nitrogens with two attached hydrogens (primary N) is 1. The zero-order chi connectivity index (χ0) is 19.1. The maximum Gasteiger partial charge on any atom is 0.226 e. The van der Waals surface area contributed by atoms with E-state index in [1.54, 1.807) is 24.1 Å². The first-order valence-corrected chi connectivity index (χ1v) is 8.95. The van der Waals surface area contributed by atoms with E-state index >= 15 is 0 Å². The number of hydrogen-bond donors (Lipinski definition) is 1. The summed E-state index contributed by atoms with van der Waals surface area (Å²) in [5.74, 6) is 1.08. The molecular formula is C19H28ClFN4O2. The van der Waals surface area contributed by atoms with Crippen LogP contribution in [-0.4, -0.2) is 40.6 Å². The molecule has 0 spiro atoms. The van der Waals surface area contributed by atoms with Crippen LogP contribution in [0, 0.1) is 11.7 Å². The summed E-state index contributed by atoms with van der Waals surface area (Å²) < 4.78 is 18.1. The van der Waals surface area contributed by atoms with Crippen LogP contribution in [0.15, 0.2) is 28.8 Å². The van der Waals surface area contributed by atoms with Crippen molar-refractivity contribution in [3.63, 3.8) is 0 Å². The van der Waals surface area contributed by atoms with E-state index in [2.05, 4.69) is 24.0 Å². The standard InChI is InChI=1S/C19H27FN4O2.ClH/c1-13(2)16(21)11-12-24(3)18(25)6-4-5-17-22-19(23-26-17)14-7-9-15(20)10-8-14;/h7-10,13,16H,4-6,11-12,21H2,1-3H3;1H. The Labute approximate surface area is 165 Å². The first kappa shape index (κ1) is 23.0. The summed E-state index contributed by atoms with van der Waals surface area (Å²) in [5.41, 5.74) is 6.71. The number of aryl methyl sites for hydroxylation is 1. The Morgan fingerprint density at radius 2 is 1.96 bits per heavy atom. The number of rotatable bonds is 9. The maximum atomic E-state index is 12.9. The molecule has 0 aliphatic carbocycles. The molecule has 27 heavy (non-hydrogen) atoms. The predicted octanol–water partition coefficient (Wildman–Crippen LogP) is 3.45. The van der Waals surface area contributed by atoms with Crippen LogP contribution in [0.4, 0.5) is 4.39 Å². The summed E-state index contributed by atoms with van der Waals surface area (Å²) in [5, 5.41) is 3.90. The predicted molar refractivity (Wildman–Crippen MR) is 105 cm³/mol. The van der Waals surface area contributed by atoms with Gasteiger partial charge in [-0.15, -0.1) is 12.4 Å². The van der Waals surface area contributed by atoms with E-state index in [4.69, 9.17) is 10.3 Å². The van der Waals surface area contributed by atoms with E-state index in [9.17, 15) is 9.18 Å². The van der Waals surface area contributed by atoms with Crippen molar-refractivity contribution in [3.05, 3.63) is 36.0 Å². The molecule has 8 heteroatoms. The van der Waals surface area contributed by atoms with Crippen molar-refractivity contribution < 1.29 is 13.7 Å². The average Bonchev–Trinajstić information content (AvgIpc) is 3.08. The smallest absolute Gasteiger partial charge is 0.226 e. The van der Waals surface area contributed by atoms with Crippen molar-refractivity contribution in [3.8, 4) is 11.4 Å². The Balaban J connectivity index is 0.00000364. The van der Waals surface area contributed by atoms with Gasteiger partial charge in [-0.3, -0.25) is 4.79 Å². The first-order valence-electron chi connectivity index (χ1n) is 8.95. The number of nitrogens with zero attached hydrogens (tertiary/aromatic N) is 3. The molecule has 0 saturated heterocycles. The van der Waals surface area contributed by atoms with Gasteiger partial charge in [0.1, 0.15) is 5.82 Å². The number of benzene rings is 1. The highest BCUT2D eigenvalue weighted by Gasteiger charge is 2.14. The monoisotopic (exact) mass is 398 g/mol. The van der Waals surface area contributed by atoms with Gasteiger partial charge in [-0.1, -0.05) is 19.0 Å². The van der Waals surface area contributed by atoms with Crippen molar-refractivity contribution in [1.82, 2.24) is 15.0 Å². The maximum absolute atomic E-state index is 12.9. The molecule has 0 radical (unpaired) electrons. The van der Waals surface area contributed by atoms with Gasteiger partial charge in [0.05, 0.1) is 0 Å². The Kier molecular flexibility index (Phi) is 9.38. The molecule has 0 fully saturated rings. The van der Waals surface area contributed by atoms with Crippen LogP contribution in [0.3, 0.4) is 0 Å². The fraction of sp³-hybridized carbons (Fsp3) is 0.526. The van der Waals surface area contributed by atoms with Gasteiger partial charge in [0.2, 0.25) is 17.6 Å². The van der Waals surface area contributed by atoms with Crippen LogP contribution in [0.2, 0.25) is 0 Å². The fourth-order valence-corrected chi connectivity index (χ4v) is 2.46. The highest BCUT2D eigenvalue weighted by molar-refractivity contribution is 5.85. The van der Waals surface area contributed by atoms with Gasteiger partial charge < -0.3 is 15.2 Å². The molecule has 1 unspecified atom stereocenters. The molecule has 1 atom stereocenters. The van der Waals surface area contributed by atoms with Crippen molar-refractivity contribution >= 4 is 18.3 Å². The van der Waals surface area contributed by atoms with Gasteiger partial charge in [0, 0.05) is 38.0 Å². The van der Waals surface area contributed by atoms with Crippen molar-refractivity contribution in [1.29, 1.82) is 0 Å². The Hall–Kier alpha value is -1.99. The molecular weight excluding hydrogens is 371 g/mol. The van der Waals surface area contributed by atoms with Gasteiger partial charge in [-0.25, -0.2) is 4.39 Å². The van der Waals surface area contributed by atoms with E-state index in [1.165, 1.54) is 12.1 Å². The number of carbonyl (C=O) groups excluding carboxylic acids is 1. The number of halogens is 2. The third-order valence-corrected chi connectivity index (χ3v) is 4.43. The van der Waals surface area contributed by atoms with Gasteiger partial charge in [-0.05, 0) is 43.0 Å². The summed E-state index contributed by atoms with van der Waals surface area (Å²) in [6, 6.07) is 6.01. The zero-order valence-corrected chi connectivity index (χ0v) is 16.8. The Morgan fingerprint density at radius 3 is 2.59 bits per heavy atom. The fourth-order valence-electron chi connectivity index (χ4n) is 2.46. The van der Waals surface area contributed by atoms with Gasteiger partial charge in [0.15, 0.2) is 0 Å². The summed E-state index contributed by atoms with van der Waals surface area (Å²) in [6.45, 7) is 4.82. The average molecular weight is 399 g/mol. The number of aromatic nitrogens is 2. The zero-order valence-electron chi connectivity index (χ0n) is 16.0. The van der Waals surface area contributed by atoms with Crippen LogP contribution in [0.1, 0.15) is 39.0 Å². The minimum atomic E-state index is -0.311. The molecule has 2 aromatic rings. The Morgan fingerprint density at radius 1 is 1.30 bits per heavy atom. The van der Waals surface area contributed by atoms with E-state index < -0.39 is 0 Å². The molecule has 0 saturated carbocycles. The summed E-state index contributed by atoms with van der Waals surface area (Å²) in [7, 11) is 1.80. The van der Waals surface area contributed by atoms with Crippen molar-refractivity contribution in [2.45, 2.75) is 45.6 Å². The van der Waals surface area contributed by atoms with Gasteiger partial charge in [-0.2, -0.15) is 4.98 Å². The lowest BCUT2D eigenvalue weighted by molar-refractivity contribution is -0.130. The normalized spacial score (nSPS) is 11.9. The van der Waals surface area contributed by atoms with E-state index in [-0.39, 0.29) is 30.2 Å². The topological polar surface area (TPSA) is 85.2 Å². The second-order valence-electron chi connectivity index (χ2n) is 6.88. The van der Waals surface area contributed by atoms with E-state index in [1.807, 2.05) is 0 Å². The lowest BCUT2D eigenvalue weighted by Crippen LogP contribution is -2.34. The molecule has 6 nitrogen and oxygen atoms in total. The first-order chi connectivity index (χ1) is 12.4. The minimum Gasteiger partial charge on any atom is -0.346 e. The van der Waals surface area contributed by atoms with Gasteiger partial charge in [0.25, 0.3) is 0 Å². The molecule has 1 aromatic heterocycles. The van der Waals surface area contributed by atoms with Crippen LogP contribution in [-0.2, 0) is 11.2 Å². The number of amides is 1. The molecule has 0 aliphatic heterocycles. The van der Waals surface area contributed by atoms with Crippen LogP contribution >= 0.6 is 12.4 Å². The third-order valence-electron chi connectivity index (χ3n) is 4.43. The van der Waals surface area contributed by atoms with Crippen LogP contribution < -0.4 is 5.73 Å². The molecule has 1 heterocycles. The molecule has 0 bridgehead atoms. The quantitative estimate of drug-likeness (QED) is 0.699. The second-order valence-corrected chi connectivity index (χ2v) is 6.88. The van der Waals surface area contributed by atoms with Gasteiger partial charge >= 0.3 is 0 Å². The van der Waals surface area contributed by atoms with Crippen molar-refractivity contribution in [2.24, 2.45) is 11.7 Å². The lowest BCUT2D eigenvalue weighted by atomic mass is 10.0. The SMILES string of the molecule is CC(C)C(N)CCN(C)C(=O)CCCc1nc(-c2ccc(F)cc2)no1.Cl. The van der Waals surface area contributed by atoms with E-state index in [0.29, 0.717) is 49.0 Å². The molecule has 1 amide bonds. The van der Waals surface area contributed by atoms with Crippen LogP contribution in [0.5, 0.6) is 0 Å². The van der Waals surface area contributed by atoms with Crippen LogP contribution in [0.25, 0.3) is 11.4 Å². The molecule has 150 valence electrons. The number of hydrogen-bond acceptors (Lipinski definition) is 5. The minimum absolute atomic E-state index is 0. The molecule has 2 N–H and O–H groups in total. The highest BCUT2D eigenvalue weighted by Crippen LogP contribution is 2.17. The van der Waals surface area contributed by atoms with E-state index in [0.717, 1.165) is 6.42 Å². The lowest BCUT2D eigenvalue weighted by Gasteiger charge is -2.21. The van der Waals surface area contributed by atoms with Crippen molar-refractivity contribution in [2.75, 3.05) is 13.6 Å². The largest absolute Gasteiger partial charge is 0.346 e. The summed E-state index contributed by atoms with van der Waals surface area (Å²) >= 11 is 0. The number of carbonyl (C=O) groups is 1. The summed E-state index contributed by atoms with van der Waals surface area (Å²) in [4.78, 5) is 18.2. The Bertz CT molecular complexity index is 706. The third kappa shape index (κ3) is 7.27. The highest BCUT2D eigenvalue weighted by atomic mass is 35.5. The second kappa shape index (κ2) is 11.0. The summed E-state index contributed by atoms with van der Waals surface area (Å²) in [6.07, 6.45) is 2.37. The molecule has 2 rings (SSSR count).